The van der Waals surface area contributed by atoms with Crippen molar-refractivity contribution >= 4 is 17.4 Å². The molecule has 3 aromatic heterocycles. The number of imidazole rings is 1. The van der Waals surface area contributed by atoms with E-state index >= 15 is 0 Å². The summed E-state index contributed by atoms with van der Waals surface area (Å²) >= 11 is 0. The Morgan fingerprint density at radius 1 is 1.17 bits per heavy atom. The van der Waals surface area contributed by atoms with Gasteiger partial charge < -0.3 is 8.98 Å². The highest BCUT2D eigenvalue weighted by atomic mass is 16.3. The van der Waals surface area contributed by atoms with Crippen molar-refractivity contribution in [3.8, 4) is 17.1 Å². The third kappa shape index (κ3) is 2.40. The SMILES string of the molecule is Cc1cn(-c2ccc3oc(-c4ccnc(C=O)c4)nc3c2)cn1. The van der Waals surface area contributed by atoms with Crippen LogP contribution in [0.5, 0.6) is 0 Å². The van der Waals surface area contributed by atoms with Gasteiger partial charge in [-0.05, 0) is 37.3 Å². The maximum absolute atomic E-state index is 10.8. The number of nitrogens with zero attached hydrogens (tertiary/aromatic N) is 4. The van der Waals surface area contributed by atoms with Crippen molar-refractivity contribution in [1.29, 1.82) is 0 Å². The molecule has 0 aliphatic heterocycles. The van der Waals surface area contributed by atoms with Gasteiger partial charge in [-0.2, -0.15) is 0 Å². The fraction of sp³-hybridized carbons (Fsp3) is 0.0588. The Hall–Kier alpha value is -3.28. The second-order valence-corrected chi connectivity index (χ2v) is 5.18. The molecule has 0 atom stereocenters. The van der Waals surface area contributed by atoms with Crippen LogP contribution in [0.3, 0.4) is 0 Å². The Morgan fingerprint density at radius 2 is 2.09 bits per heavy atom. The molecular weight excluding hydrogens is 292 g/mol. The number of oxazole rings is 1. The van der Waals surface area contributed by atoms with Crippen LogP contribution >= 0.6 is 0 Å². The maximum atomic E-state index is 10.8. The Kier molecular flexibility index (Phi) is 3.01. The summed E-state index contributed by atoms with van der Waals surface area (Å²) in [5.74, 6) is 0.462. The highest BCUT2D eigenvalue weighted by Gasteiger charge is 2.10. The van der Waals surface area contributed by atoms with E-state index in [0.29, 0.717) is 23.5 Å². The number of aryl methyl sites for hydroxylation is 1. The van der Waals surface area contributed by atoms with E-state index in [1.807, 2.05) is 35.9 Å². The summed E-state index contributed by atoms with van der Waals surface area (Å²) in [7, 11) is 0. The molecule has 3 heterocycles. The van der Waals surface area contributed by atoms with E-state index in [9.17, 15) is 4.79 Å². The van der Waals surface area contributed by atoms with Crippen LogP contribution in [-0.2, 0) is 0 Å². The lowest BCUT2D eigenvalue weighted by Crippen LogP contribution is -1.89. The van der Waals surface area contributed by atoms with Gasteiger partial charge in [-0.3, -0.25) is 9.78 Å². The van der Waals surface area contributed by atoms with E-state index in [0.717, 1.165) is 22.5 Å². The van der Waals surface area contributed by atoms with Crippen molar-refractivity contribution < 1.29 is 9.21 Å². The number of aldehydes is 1. The van der Waals surface area contributed by atoms with Gasteiger partial charge in [-0.25, -0.2) is 9.97 Å². The molecule has 4 aromatic rings. The van der Waals surface area contributed by atoms with Gasteiger partial charge in [-0.1, -0.05) is 0 Å². The van der Waals surface area contributed by atoms with Gasteiger partial charge in [0.25, 0.3) is 0 Å². The first-order chi connectivity index (χ1) is 11.2. The highest BCUT2D eigenvalue weighted by molar-refractivity contribution is 5.80. The molecule has 6 nitrogen and oxygen atoms in total. The lowest BCUT2D eigenvalue weighted by atomic mass is 10.2. The molecule has 0 aliphatic carbocycles. The van der Waals surface area contributed by atoms with Crippen molar-refractivity contribution in [2.45, 2.75) is 6.92 Å². The van der Waals surface area contributed by atoms with E-state index in [1.165, 1.54) is 0 Å². The molecule has 23 heavy (non-hydrogen) atoms. The van der Waals surface area contributed by atoms with Crippen LogP contribution in [0.1, 0.15) is 16.2 Å². The van der Waals surface area contributed by atoms with Gasteiger partial charge in [0.1, 0.15) is 11.2 Å². The summed E-state index contributed by atoms with van der Waals surface area (Å²) in [5.41, 5.74) is 4.40. The average molecular weight is 304 g/mol. The largest absolute Gasteiger partial charge is 0.436 e. The zero-order chi connectivity index (χ0) is 15.8. The molecule has 6 heteroatoms. The minimum atomic E-state index is 0.347. The molecule has 0 fully saturated rings. The molecule has 1 aromatic carbocycles. The van der Waals surface area contributed by atoms with E-state index in [1.54, 1.807) is 24.7 Å². The maximum Gasteiger partial charge on any atom is 0.227 e. The summed E-state index contributed by atoms with van der Waals surface area (Å²) in [6.07, 6.45) is 5.97. The number of hydrogen-bond donors (Lipinski definition) is 0. The number of rotatable bonds is 3. The zero-order valence-corrected chi connectivity index (χ0v) is 12.3. The van der Waals surface area contributed by atoms with Crippen molar-refractivity contribution in [3.05, 3.63) is 60.4 Å². The predicted molar refractivity (Wildman–Crippen MR) is 84.5 cm³/mol. The lowest BCUT2D eigenvalue weighted by Gasteiger charge is -1.99. The first-order valence-corrected chi connectivity index (χ1v) is 7.06. The normalized spacial score (nSPS) is 11.0. The first kappa shape index (κ1) is 13.4. The molecule has 4 rings (SSSR count). The highest BCUT2D eigenvalue weighted by Crippen LogP contribution is 2.26. The summed E-state index contributed by atoms with van der Waals surface area (Å²) in [5, 5.41) is 0. The third-order valence-corrected chi connectivity index (χ3v) is 3.53. The van der Waals surface area contributed by atoms with Crippen LogP contribution in [0.25, 0.3) is 28.2 Å². The van der Waals surface area contributed by atoms with Gasteiger partial charge >= 0.3 is 0 Å². The molecule has 0 bridgehead atoms. The van der Waals surface area contributed by atoms with Crippen molar-refractivity contribution in [3.63, 3.8) is 0 Å². The smallest absolute Gasteiger partial charge is 0.227 e. The lowest BCUT2D eigenvalue weighted by molar-refractivity contribution is 0.111. The zero-order valence-electron chi connectivity index (χ0n) is 12.3. The Labute approximate surface area is 131 Å². The fourth-order valence-corrected chi connectivity index (χ4v) is 2.41. The monoisotopic (exact) mass is 304 g/mol. The van der Waals surface area contributed by atoms with Gasteiger partial charge in [0.2, 0.25) is 5.89 Å². The number of benzene rings is 1. The number of fused-ring (bicyclic) bond motifs is 1. The van der Waals surface area contributed by atoms with Gasteiger partial charge in [0.05, 0.1) is 12.0 Å². The van der Waals surface area contributed by atoms with E-state index in [2.05, 4.69) is 15.0 Å². The van der Waals surface area contributed by atoms with Gasteiger partial charge in [0, 0.05) is 23.6 Å². The van der Waals surface area contributed by atoms with E-state index < -0.39 is 0 Å². The summed E-state index contributed by atoms with van der Waals surface area (Å²) < 4.78 is 7.70. The predicted octanol–water partition coefficient (Wildman–Crippen LogP) is 3.20. The fourth-order valence-electron chi connectivity index (χ4n) is 2.41. The molecule has 0 N–H and O–H groups in total. The number of pyridine rings is 1. The van der Waals surface area contributed by atoms with E-state index in [-0.39, 0.29) is 0 Å². The third-order valence-electron chi connectivity index (χ3n) is 3.53. The van der Waals surface area contributed by atoms with Crippen LogP contribution in [0.2, 0.25) is 0 Å². The topological polar surface area (TPSA) is 73.8 Å². The summed E-state index contributed by atoms with van der Waals surface area (Å²) in [4.78, 5) is 23.5. The quantitative estimate of drug-likeness (QED) is 0.543. The molecule has 0 radical (unpaired) electrons. The molecule has 0 saturated carbocycles. The van der Waals surface area contributed by atoms with Crippen LogP contribution in [0.15, 0.2) is 53.5 Å². The Morgan fingerprint density at radius 3 is 2.87 bits per heavy atom. The first-order valence-electron chi connectivity index (χ1n) is 7.06. The molecule has 0 saturated heterocycles. The Bertz CT molecular complexity index is 1020. The molecule has 0 spiro atoms. The van der Waals surface area contributed by atoms with Gasteiger partial charge in [-0.15, -0.1) is 0 Å². The van der Waals surface area contributed by atoms with Crippen LogP contribution < -0.4 is 0 Å². The van der Waals surface area contributed by atoms with Crippen molar-refractivity contribution in [1.82, 2.24) is 19.5 Å². The standard InChI is InChI=1S/C17H12N4O2/c1-11-8-21(10-19-11)14-2-3-16-15(7-14)20-17(23-16)12-4-5-18-13(6-12)9-22/h2-10H,1H3. The second-order valence-electron chi connectivity index (χ2n) is 5.18. The number of hydrogen-bond acceptors (Lipinski definition) is 5. The molecule has 0 amide bonds. The number of carbonyl (C=O) groups excluding carboxylic acids is 1. The number of carbonyl (C=O) groups is 1. The number of aromatic nitrogens is 4. The second kappa shape index (κ2) is 5.17. The minimum Gasteiger partial charge on any atom is -0.436 e. The average Bonchev–Trinajstić information content (AvgIpc) is 3.20. The van der Waals surface area contributed by atoms with Crippen molar-refractivity contribution in [2.24, 2.45) is 0 Å². The van der Waals surface area contributed by atoms with Gasteiger partial charge in [0.15, 0.2) is 11.9 Å². The van der Waals surface area contributed by atoms with Crippen molar-refractivity contribution in [2.75, 3.05) is 0 Å². The minimum absolute atomic E-state index is 0.347. The molecule has 112 valence electrons. The van der Waals surface area contributed by atoms with Crippen LogP contribution in [0, 0.1) is 6.92 Å². The molecule has 0 unspecified atom stereocenters. The van der Waals surface area contributed by atoms with Crippen LogP contribution in [0.4, 0.5) is 0 Å². The Balaban J connectivity index is 1.80. The summed E-state index contributed by atoms with van der Waals surface area (Å²) in [6.45, 7) is 1.94. The summed E-state index contributed by atoms with van der Waals surface area (Å²) in [6, 6.07) is 9.17. The molecular formula is C17H12N4O2. The van der Waals surface area contributed by atoms with E-state index in [4.69, 9.17) is 4.42 Å². The van der Waals surface area contributed by atoms with Crippen LogP contribution in [-0.4, -0.2) is 25.8 Å². The molecule has 0 aliphatic rings.